The summed E-state index contributed by atoms with van der Waals surface area (Å²) in [5.41, 5.74) is 2.77. The standard InChI is InChI=1S/C23H28FN5O2S/c1-15(2)26-22(31)19-13-32-23(27-19)21-20(16-3-5-17(24)6-4-16)25-14-29(21)18-7-9-28(10-8-18)11-12-30/h3-6,13-15,18,30H,7-12H2,1-2H3,(H,26,31). The van der Waals surface area contributed by atoms with Gasteiger partial charge in [0.25, 0.3) is 5.91 Å². The smallest absolute Gasteiger partial charge is 0.270 e. The number of aliphatic hydroxyl groups excluding tert-OH is 1. The number of imidazole rings is 1. The molecular weight excluding hydrogens is 429 g/mol. The van der Waals surface area contributed by atoms with E-state index in [-0.39, 0.29) is 30.4 Å². The first-order valence-corrected chi connectivity index (χ1v) is 11.8. The Morgan fingerprint density at radius 1 is 1.28 bits per heavy atom. The van der Waals surface area contributed by atoms with Crippen LogP contribution in [-0.2, 0) is 0 Å². The Balaban J connectivity index is 1.70. The van der Waals surface area contributed by atoms with Gasteiger partial charge in [-0.25, -0.2) is 14.4 Å². The van der Waals surface area contributed by atoms with Crippen molar-refractivity contribution in [2.45, 2.75) is 38.8 Å². The van der Waals surface area contributed by atoms with Crippen molar-refractivity contribution in [2.24, 2.45) is 0 Å². The Kier molecular flexibility index (Phi) is 6.98. The summed E-state index contributed by atoms with van der Waals surface area (Å²) in [5, 5.41) is 14.6. The molecule has 1 amide bonds. The number of benzene rings is 1. The summed E-state index contributed by atoms with van der Waals surface area (Å²) in [6.07, 6.45) is 3.69. The second-order valence-corrected chi connectivity index (χ2v) is 9.18. The number of aliphatic hydroxyl groups is 1. The average molecular weight is 458 g/mol. The molecule has 1 aliphatic heterocycles. The SMILES string of the molecule is CC(C)NC(=O)c1csc(-c2c(-c3ccc(F)cc3)ncn2C2CCN(CCO)CC2)n1. The number of thiazole rings is 1. The third-order valence-corrected chi connectivity index (χ3v) is 6.49. The maximum Gasteiger partial charge on any atom is 0.270 e. The second-order valence-electron chi connectivity index (χ2n) is 8.32. The van der Waals surface area contributed by atoms with Crippen molar-refractivity contribution in [2.75, 3.05) is 26.2 Å². The number of rotatable bonds is 7. The second kappa shape index (κ2) is 9.89. The van der Waals surface area contributed by atoms with E-state index >= 15 is 0 Å². The number of hydrogen-bond acceptors (Lipinski definition) is 6. The molecule has 1 aromatic carbocycles. The number of carbonyl (C=O) groups excluding carboxylic acids is 1. The van der Waals surface area contributed by atoms with Crippen LogP contribution in [0.5, 0.6) is 0 Å². The Morgan fingerprint density at radius 2 is 2.00 bits per heavy atom. The topological polar surface area (TPSA) is 83.3 Å². The Bertz CT molecular complexity index is 1050. The maximum absolute atomic E-state index is 13.5. The number of nitrogens with zero attached hydrogens (tertiary/aromatic N) is 4. The molecule has 1 fully saturated rings. The number of hydrogen-bond donors (Lipinski definition) is 2. The van der Waals surface area contributed by atoms with Gasteiger partial charge in [0.1, 0.15) is 22.2 Å². The van der Waals surface area contributed by atoms with Gasteiger partial charge in [-0.1, -0.05) is 0 Å². The first-order valence-electron chi connectivity index (χ1n) is 10.9. The molecule has 2 N–H and O–H groups in total. The number of piperidine rings is 1. The van der Waals surface area contributed by atoms with Crippen LogP contribution in [0.1, 0.15) is 43.2 Å². The fraction of sp³-hybridized carbons (Fsp3) is 0.435. The monoisotopic (exact) mass is 457 g/mol. The van der Waals surface area contributed by atoms with Crippen LogP contribution in [0.3, 0.4) is 0 Å². The van der Waals surface area contributed by atoms with E-state index in [9.17, 15) is 14.3 Å². The molecule has 9 heteroatoms. The van der Waals surface area contributed by atoms with Crippen molar-refractivity contribution in [3.05, 3.63) is 47.5 Å². The average Bonchev–Trinajstić information content (AvgIpc) is 3.42. The van der Waals surface area contributed by atoms with Crippen molar-refractivity contribution in [3.8, 4) is 22.0 Å². The number of aromatic nitrogens is 3. The van der Waals surface area contributed by atoms with Gasteiger partial charge in [0.15, 0.2) is 0 Å². The van der Waals surface area contributed by atoms with Gasteiger partial charge in [0.05, 0.1) is 18.6 Å². The van der Waals surface area contributed by atoms with E-state index in [0.29, 0.717) is 17.2 Å². The van der Waals surface area contributed by atoms with Crippen molar-refractivity contribution in [1.29, 1.82) is 0 Å². The lowest BCUT2D eigenvalue weighted by Gasteiger charge is -2.32. The first kappa shape index (κ1) is 22.6. The van der Waals surface area contributed by atoms with Crippen LogP contribution in [0.25, 0.3) is 22.0 Å². The minimum Gasteiger partial charge on any atom is -0.395 e. The quantitative estimate of drug-likeness (QED) is 0.567. The van der Waals surface area contributed by atoms with E-state index in [1.54, 1.807) is 17.5 Å². The van der Waals surface area contributed by atoms with Gasteiger partial charge in [0.2, 0.25) is 0 Å². The van der Waals surface area contributed by atoms with Crippen LogP contribution < -0.4 is 5.32 Å². The Hall–Kier alpha value is -2.62. The minimum absolute atomic E-state index is 0.0251. The molecule has 0 spiro atoms. The number of likely N-dealkylation sites (tertiary alicyclic amines) is 1. The van der Waals surface area contributed by atoms with E-state index in [1.165, 1.54) is 23.5 Å². The molecule has 0 atom stereocenters. The molecule has 1 saturated heterocycles. The Morgan fingerprint density at radius 3 is 2.66 bits per heavy atom. The summed E-state index contributed by atoms with van der Waals surface area (Å²) in [6, 6.07) is 6.55. The van der Waals surface area contributed by atoms with Crippen LogP contribution in [-0.4, -0.2) is 62.7 Å². The third kappa shape index (κ3) is 4.90. The zero-order valence-electron chi connectivity index (χ0n) is 18.3. The lowest BCUT2D eigenvalue weighted by molar-refractivity contribution is 0.0939. The number of halogens is 1. The highest BCUT2D eigenvalue weighted by molar-refractivity contribution is 7.13. The van der Waals surface area contributed by atoms with Gasteiger partial charge in [0, 0.05) is 42.7 Å². The van der Waals surface area contributed by atoms with Gasteiger partial charge in [-0.05, 0) is 51.0 Å². The summed E-state index contributed by atoms with van der Waals surface area (Å²) < 4.78 is 15.7. The van der Waals surface area contributed by atoms with Crippen LogP contribution in [0.15, 0.2) is 36.0 Å². The van der Waals surface area contributed by atoms with Crippen LogP contribution >= 0.6 is 11.3 Å². The highest BCUT2D eigenvalue weighted by Gasteiger charge is 2.27. The number of amides is 1. The molecular formula is C23H28FN5O2S. The first-order chi connectivity index (χ1) is 15.5. The summed E-state index contributed by atoms with van der Waals surface area (Å²) in [4.78, 5) is 24.0. The van der Waals surface area contributed by atoms with E-state index in [0.717, 1.165) is 42.9 Å². The lowest BCUT2D eigenvalue weighted by Crippen LogP contribution is -2.36. The van der Waals surface area contributed by atoms with Gasteiger partial charge in [-0.15, -0.1) is 11.3 Å². The molecule has 4 rings (SSSR count). The van der Waals surface area contributed by atoms with Gasteiger partial charge < -0.3 is 19.9 Å². The zero-order chi connectivity index (χ0) is 22.7. The molecule has 7 nitrogen and oxygen atoms in total. The molecule has 0 radical (unpaired) electrons. The third-order valence-electron chi connectivity index (χ3n) is 5.64. The predicted octanol–water partition coefficient (Wildman–Crippen LogP) is 3.58. The van der Waals surface area contributed by atoms with Crippen LogP contribution in [0, 0.1) is 5.82 Å². The summed E-state index contributed by atoms with van der Waals surface area (Å²) in [7, 11) is 0. The van der Waals surface area contributed by atoms with Crippen molar-refractivity contribution in [3.63, 3.8) is 0 Å². The van der Waals surface area contributed by atoms with Crippen molar-refractivity contribution in [1.82, 2.24) is 24.8 Å². The normalized spacial score (nSPS) is 15.4. The minimum atomic E-state index is -0.298. The van der Waals surface area contributed by atoms with E-state index in [4.69, 9.17) is 0 Å². The molecule has 1 aliphatic rings. The molecule has 0 unspecified atom stereocenters. The Labute approximate surface area is 190 Å². The summed E-state index contributed by atoms with van der Waals surface area (Å²) in [6.45, 7) is 6.47. The van der Waals surface area contributed by atoms with Gasteiger partial charge >= 0.3 is 0 Å². The molecule has 170 valence electrons. The highest BCUT2D eigenvalue weighted by atomic mass is 32.1. The highest BCUT2D eigenvalue weighted by Crippen LogP contribution is 2.37. The van der Waals surface area contributed by atoms with Gasteiger partial charge in [-0.3, -0.25) is 4.79 Å². The molecule has 0 aliphatic carbocycles. The maximum atomic E-state index is 13.5. The molecule has 0 bridgehead atoms. The van der Waals surface area contributed by atoms with Crippen molar-refractivity contribution >= 4 is 17.2 Å². The van der Waals surface area contributed by atoms with E-state index in [2.05, 4.69) is 24.8 Å². The van der Waals surface area contributed by atoms with Crippen LogP contribution in [0.2, 0.25) is 0 Å². The lowest BCUT2D eigenvalue weighted by atomic mass is 10.0. The summed E-state index contributed by atoms with van der Waals surface area (Å²) >= 11 is 1.41. The predicted molar refractivity (Wildman–Crippen MR) is 123 cm³/mol. The zero-order valence-corrected chi connectivity index (χ0v) is 19.1. The molecule has 2 aromatic heterocycles. The van der Waals surface area contributed by atoms with Crippen LogP contribution in [0.4, 0.5) is 4.39 Å². The molecule has 0 saturated carbocycles. The number of nitrogens with one attached hydrogen (secondary N) is 1. The van der Waals surface area contributed by atoms with Crippen molar-refractivity contribution < 1.29 is 14.3 Å². The van der Waals surface area contributed by atoms with E-state index in [1.807, 2.05) is 20.2 Å². The summed E-state index contributed by atoms with van der Waals surface area (Å²) in [5.74, 6) is -0.498. The fourth-order valence-corrected chi connectivity index (χ4v) is 4.90. The number of β-amino-alcohol motifs (C(OH)–C–C–N with tert-alkyl or cyclic N) is 1. The number of carbonyl (C=O) groups is 1. The molecule has 3 aromatic rings. The fourth-order valence-electron chi connectivity index (χ4n) is 4.05. The van der Waals surface area contributed by atoms with E-state index < -0.39 is 0 Å². The molecule has 3 heterocycles. The van der Waals surface area contributed by atoms with Gasteiger partial charge in [-0.2, -0.15) is 0 Å². The molecule has 32 heavy (non-hydrogen) atoms. The largest absolute Gasteiger partial charge is 0.395 e.